The largest absolute Gasteiger partial charge is 0.497 e. The summed E-state index contributed by atoms with van der Waals surface area (Å²) in [5.41, 5.74) is 4.79. The molecule has 0 spiro atoms. The number of methoxy groups -OCH3 is 1. The highest BCUT2D eigenvalue weighted by molar-refractivity contribution is 6.77. The Kier molecular flexibility index (Phi) is 15.3. The Morgan fingerprint density at radius 2 is 1.55 bits per heavy atom. The molecule has 1 heterocycles. The molecule has 7 heteroatoms. The first kappa shape index (κ1) is 38.7. The Bertz CT molecular complexity index is 1020. The number of rotatable bonds is 18. The summed E-state index contributed by atoms with van der Waals surface area (Å²) in [6, 6.07) is 7.97. The van der Waals surface area contributed by atoms with Crippen LogP contribution in [0.4, 0.5) is 0 Å². The van der Waals surface area contributed by atoms with Gasteiger partial charge < -0.3 is 28.5 Å². The Balaban J connectivity index is 2.05. The Morgan fingerprint density at radius 1 is 0.955 bits per heavy atom. The molecule has 0 aromatic heterocycles. The van der Waals surface area contributed by atoms with E-state index in [0.717, 1.165) is 36.1 Å². The van der Waals surface area contributed by atoms with Crippen LogP contribution in [0.15, 0.2) is 47.6 Å². The molecule has 2 rings (SSSR count). The van der Waals surface area contributed by atoms with E-state index < -0.39 is 26.3 Å². The monoisotopic (exact) mass is 632 g/mol. The summed E-state index contributed by atoms with van der Waals surface area (Å²) in [6.45, 7) is 27.5. The maximum Gasteiger partial charge on any atom is 0.201 e. The lowest BCUT2D eigenvalue weighted by atomic mass is 9.94. The molecule has 1 aliphatic heterocycles. The lowest BCUT2D eigenvalue weighted by molar-refractivity contribution is -0.153. The van der Waals surface area contributed by atoms with Crippen LogP contribution in [0.2, 0.25) is 16.6 Å². The number of hydrogen-bond donors (Lipinski definition) is 1. The predicted octanol–water partition coefficient (Wildman–Crippen LogP) is 9.37. The lowest BCUT2D eigenvalue weighted by Gasteiger charge is -2.45. The van der Waals surface area contributed by atoms with Gasteiger partial charge in [-0.15, -0.1) is 0 Å². The molecule has 1 aliphatic rings. The van der Waals surface area contributed by atoms with Crippen molar-refractivity contribution in [3.63, 3.8) is 0 Å². The number of benzene rings is 1. The molecule has 1 aromatic carbocycles. The zero-order chi connectivity index (χ0) is 33.2. The van der Waals surface area contributed by atoms with E-state index in [1.54, 1.807) is 7.11 Å². The smallest absolute Gasteiger partial charge is 0.201 e. The molecular weight excluding hydrogens is 568 g/mol. The highest BCUT2D eigenvalue weighted by Gasteiger charge is 2.47. The van der Waals surface area contributed by atoms with Crippen LogP contribution < -0.4 is 4.74 Å². The summed E-state index contributed by atoms with van der Waals surface area (Å²) >= 11 is 0. The highest BCUT2D eigenvalue weighted by atomic mass is 28.4. The molecule has 0 saturated carbocycles. The number of ether oxygens (including phenoxy) is 4. The number of hydrogen-bond acceptors (Lipinski definition) is 6. The molecule has 0 amide bonds. The summed E-state index contributed by atoms with van der Waals surface area (Å²) in [4.78, 5) is 0. The fraction of sp³-hybridized carbons (Fsp3) is 0.730. The zero-order valence-corrected chi connectivity index (χ0v) is 31.1. The summed E-state index contributed by atoms with van der Waals surface area (Å²) in [5, 5.41) is 11.5. The number of allylic oxidation sites excluding steroid dienone is 1. The van der Waals surface area contributed by atoms with Gasteiger partial charge in [0.2, 0.25) is 8.32 Å². The molecule has 252 valence electrons. The first-order valence-corrected chi connectivity index (χ1v) is 18.9. The van der Waals surface area contributed by atoms with Crippen LogP contribution in [0.1, 0.15) is 108 Å². The van der Waals surface area contributed by atoms with Gasteiger partial charge in [-0.2, -0.15) is 0 Å². The van der Waals surface area contributed by atoms with Gasteiger partial charge in [0.25, 0.3) is 0 Å². The summed E-state index contributed by atoms with van der Waals surface area (Å²) in [6.07, 6.45) is 5.38. The molecule has 1 fully saturated rings. The normalized spacial score (nSPS) is 21.8. The van der Waals surface area contributed by atoms with Crippen LogP contribution in [0.25, 0.3) is 0 Å². The lowest BCUT2D eigenvalue weighted by Crippen LogP contribution is -2.50. The van der Waals surface area contributed by atoms with Gasteiger partial charge in [0.15, 0.2) is 5.79 Å². The van der Waals surface area contributed by atoms with Gasteiger partial charge >= 0.3 is 0 Å². The average Bonchev–Trinajstić information content (AvgIpc) is 3.28. The van der Waals surface area contributed by atoms with Crippen molar-refractivity contribution in [2.75, 3.05) is 13.7 Å². The number of aliphatic hydroxyl groups excluding tert-OH is 1. The molecule has 6 nitrogen and oxygen atoms in total. The van der Waals surface area contributed by atoms with Gasteiger partial charge in [0.05, 0.1) is 25.9 Å². The minimum atomic E-state index is -2.07. The first-order valence-electron chi connectivity index (χ1n) is 16.8. The molecule has 44 heavy (non-hydrogen) atoms. The van der Waals surface area contributed by atoms with E-state index in [2.05, 4.69) is 74.5 Å². The highest BCUT2D eigenvalue weighted by Crippen LogP contribution is 2.44. The van der Waals surface area contributed by atoms with Crippen molar-refractivity contribution in [3.05, 3.63) is 53.1 Å². The van der Waals surface area contributed by atoms with Gasteiger partial charge in [-0.1, -0.05) is 72.8 Å². The molecule has 1 saturated heterocycles. The van der Waals surface area contributed by atoms with Gasteiger partial charge in [0, 0.05) is 6.61 Å². The van der Waals surface area contributed by atoms with E-state index in [-0.39, 0.29) is 12.2 Å². The van der Waals surface area contributed by atoms with Crippen molar-refractivity contribution in [1.82, 2.24) is 0 Å². The third-order valence-electron chi connectivity index (χ3n) is 9.44. The second-order valence-corrected chi connectivity index (χ2v) is 19.7. The van der Waals surface area contributed by atoms with Gasteiger partial charge in [-0.05, 0) is 105 Å². The molecule has 1 aromatic rings. The standard InChI is InChI=1S/C37H64O6Si/c1-14-29(9)33(43-44(25(2)3,26(4)5)27(6)7)22-16-30(10)35(38)36-34(41-37(11,12)42-36)21-15-28(8)23-40-24-31-17-19-32(39-13)20-18-31/h14,16-20,25-28,33-36,38H,15,21-24H2,1-13H3/b29-14-,30-16+/t28-,33-,34-,35?,36+/m0/s1. The van der Waals surface area contributed by atoms with E-state index in [4.69, 9.17) is 23.4 Å². The number of aliphatic hydroxyl groups is 1. The molecule has 1 N–H and O–H groups in total. The first-order chi connectivity index (χ1) is 20.6. The minimum absolute atomic E-state index is 0.00670. The topological polar surface area (TPSA) is 66.4 Å². The summed E-state index contributed by atoms with van der Waals surface area (Å²) in [5.74, 6) is 0.456. The van der Waals surface area contributed by atoms with E-state index >= 15 is 0 Å². The second-order valence-electron chi connectivity index (χ2n) is 14.3. The van der Waals surface area contributed by atoms with Crippen molar-refractivity contribution in [1.29, 1.82) is 0 Å². The molecule has 0 bridgehead atoms. The molecule has 5 atom stereocenters. The van der Waals surface area contributed by atoms with E-state index in [0.29, 0.717) is 35.8 Å². The van der Waals surface area contributed by atoms with E-state index in [1.807, 2.05) is 45.0 Å². The van der Waals surface area contributed by atoms with Gasteiger partial charge in [0.1, 0.15) is 18.0 Å². The Hall–Kier alpha value is -1.48. The Morgan fingerprint density at radius 3 is 2.07 bits per heavy atom. The van der Waals surface area contributed by atoms with Crippen LogP contribution in [-0.4, -0.2) is 57.3 Å². The van der Waals surface area contributed by atoms with Crippen LogP contribution in [-0.2, 0) is 25.2 Å². The fourth-order valence-corrected chi connectivity index (χ4v) is 12.4. The Labute approximate surface area is 270 Å². The van der Waals surface area contributed by atoms with Crippen LogP contribution >= 0.6 is 0 Å². The average molecular weight is 633 g/mol. The predicted molar refractivity (Wildman–Crippen MR) is 185 cm³/mol. The maximum absolute atomic E-state index is 11.5. The molecule has 0 radical (unpaired) electrons. The third-order valence-corrected chi connectivity index (χ3v) is 15.6. The second kappa shape index (κ2) is 17.4. The van der Waals surface area contributed by atoms with E-state index in [9.17, 15) is 5.11 Å². The van der Waals surface area contributed by atoms with Crippen molar-refractivity contribution in [3.8, 4) is 5.75 Å². The van der Waals surface area contributed by atoms with Gasteiger partial charge in [-0.25, -0.2) is 0 Å². The van der Waals surface area contributed by atoms with Crippen molar-refractivity contribution in [2.24, 2.45) is 5.92 Å². The molecule has 0 aliphatic carbocycles. The molecule has 1 unspecified atom stereocenters. The summed E-state index contributed by atoms with van der Waals surface area (Å²) in [7, 11) is -0.401. The van der Waals surface area contributed by atoms with Crippen molar-refractivity contribution in [2.45, 2.75) is 156 Å². The quantitative estimate of drug-likeness (QED) is 0.128. The summed E-state index contributed by atoms with van der Waals surface area (Å²) < 4.78 is 31.0. The maximum atomic E-state index is 11.5. The van der Waals surface area contributed by atoms with Crippen molar-refractivity contribution >= 4 is 8.32 Å². The van der Waals surface area contributed by atoms with Gasteiger partial charge in [-0.3, -0.25) is 0 Å². The van der Waals surface area contributed by atoms with Crippen LogP contribution in [0.3, 0.4) is 0 Å². The fourth-order valence-electron chi connectivity index (χ4n) is 6.83. The van der Waals surface area contributed by atoms with Crippen LogP contribution in [0, 0.1) is 5.92 Å². The van der Waals surface area contributed by atoms with E-state index in [1.165, 1.54) is 5.57 Å². The molecular formula is C37H64O6Si. The van der Waals surface area contributed by atoms with Crippen molar-refractivity contribution < 1.29 is 28.5 Å². The zero-order valence-electron chi connectivity index (χ0n) is 30.1. The van der Waals surface area contributed by atoms with Crippen LogP contribution in [0.5, 0.6) is 5.75 Å². The SMILES string of the molecule is C/C=C(/C)[C@H](C/C=C(\C)C(O)[C@@H]1OC(C)(C)O[C@H]1CC[C@H](C)COCc1ccc(OC)cc1)O[Si](C(C)C)(C(C)C)C(C)C. The minimum Gasteiger partial charge on any atom is -0.497 e. The third kappa shape index (κ3) is 10.5.